The minimum absolute atomic E-state index is 0.0707. The summed E-state index contributed by atoms with van der Waals surface area (Å²) in [6, 6.07) is 11.8. The van der Waals surface area contributed by atoms with E-state index in [9.17, 15) is 9.59 Å². The highest BCUT2D eigenvalue weighted by Gasteiger charge is 2.17. The maximum atomic E-state index is 12.5. The van der Waals surface area contributed by atoms with Crippen molar-refractivity contribution >= 4 is 23.0 Å². The number of ether oxygens (including phenoxy) is 2. The Morgan fingerprint density at radius 2 is 2.19 bits per heavy atom. The Hall–Kier alpha value is -4.19. The summed E-state index contributed by atoms with van der Waals surface area (Å²) < 4.78 is 12.2. The SMILES string of the molecule is COc1cc(/C=N\NC(=O)c2ccc3c(=O)n4c(nc3c2)CCC4)ccc1OCC#N. The molecule has 3 aromatic rings. The summed E-state index contributed by atoms with van der Waals surface area (Å²) in [4.78, 5) is 29.5. The van der Waals surface area contributed by atoms with E-state index in [1.807, 2.05) is 6.07 Å². The summed E-state index contributed by atoms with van der Waals surface area (Å²) in [5.74, 6) is 1.23. The van der Waals surface area contributed by atoms with Crippen molar-refractivity contribution in [2.45, 2.75) is 19.4 Å². The monoisotopic (exact) mass is 417 g/mol. The molecule has 0 unspecified atom stereocenters. The molecule has 1 aliphatic heterocycles. The van der Waals surface area contributed by atoms with Gasteiger partial charge in [-0.3, -0.25) is 14.2 Å². The molecule has 0 radical (unpaired) electrons. The van der Waals surface area contributed by atoms with Gasteiger partial charge in [-0.15, -0.1) is 0 Å². The Labute approximate surface area is 177 Å². The molecule has 0 saturated carbocycles. The molecule has 0 fully saturated rings. The van der Waals surface area contributed by atoms with E-state index in [2.05, 4.69) is 15.5 Å². The van der Waals surface area contributed by atoms with Crippen molar-refractivity contribution in [3.05, 3.63) is 63.7 Å². The van der Waals surface area contributed by atoms with Crippen molar-refractivity contribution in [3.63, 3.8) is 0 Å². The van der Waals surface area contributed by atoms with Crippen LogP contribution < -0.4 is 20.5 Å². The summed E-state index contributed by atoms with van der Waals surface area (Å²) in [5.41, 5.74) is 3.94. The maximum Gasteiger partial charge on any atom is 0.271 e. The first kappa shape index (κ1) is 20.1. The van der Waals surface area contributed by atoms with Gasteiger partial charge in [0.2, 0.25) is 0 Å². The number of hydrogen-bond acceptors (Lipinski definition) is 7. The number of nitrogens with zero attached hydrogens (tertiary/aromatic N) is 4. The molecule has 2 aromatic carbocycles. The predicted molar refractivity (Wildman–Crippen MR) is 113 cm³/mol. The molecule has 0 atom stereocenters. The molecule has 0 bridgehead atoms. The molecule has 0 aliphatic carbocycles. The molecule has 9 nitrogen and oxygen atoms in total. The lowest BCUT2D eigenvalue weighted by Crippen LogP contribution is -2.22. The standard InChI is InChI=1S/C22H19N5O4/c1-30-19-11-14(4-7-18(19)31-10-8-23)13-24-26-21(28)15-5-6-16-17(12-15)25-20-3-2-9-27(20)22(16)29/h4-7,11-13H,2-3,9-10H2,1H3,(H,26,28)/b24-13-. The zero-order valence-electron chi connectivity index (χ0n) is 16.8. The van der Waals surface area contributed by atoms with E-state index in [0.717, 1.165) is 18.7 Å². The second kappa shape index (κ2) is 8.67. The van der Waals surface area contributed by atoms with Crippen LogP contribution in [0.2, 0.25) is 0 Å². The predicted octanol–water partition coefficient (Wildman–Crippen LogP) is 2.02. The Kier molecular flexibility index (Phi) is 5.62. The molecule has 2 heterocycles. The molecule has 0 saturated heterocycles. The second-order valence-corrected chi connectivity index (χ2v) is 6.88. The topological polar surface area (TPSA) is 119 Å². The quantitative estimate of drug-likeness (QED) is 0.484. The van der Waals surface area contributed by atoms with Gasteiger partial charge in [0.1, 0.15) is 11.9 Å². The van der Waals surface area contributed by atoms with Crippen molar-refractivity contribution in [1.82, 2.24) is 15.0 Å². The number of nitriles is 1. The number of fused-ring (bicyclic) bond motifs is 2. The lowest BCUT2D eigenvalue weighted by Gasteiger charge is -2.08. The minimum atomic E-state index is -0.415. The third-order valence-electron chi connectivity index (χ3n) is 4.94. The summed E-state index contributed by atoms with van der Waals surface area (Å²) in [7, 11) is 1.49. The van der Waals surface area contributed by atoms with Gasteiger partial charge >= 0.3 is 0 Å². The number of carbonyl (C=O) groups is 1. The van der Waals surface area contributed by atoms with Crippen molar-refractivity contribution in [2.24, 2.45) is 5.10 Å². The zero-order valence-corrected chi connectivity index (χ0v) is 16.8. The van der Waals surface area contributed by atoms with Crippen LogP contribution in [0.25, 0.3) is 10.9 Å². The number of benzene rings is 2. The van der Waals surface area contributed by atoms with Crippen LogP contribution in [0.1, 0.15) is 28.2 Å². The van der Waals surface area contributed by atoms with E-state index in [0.29, 0.717) is 40.1 Å². The summed E-state index contributed by atoms with van der Waals surface area (Å²) in [5, 5.41) is 13.1. The van der Waals surface area contributed by atoms with E-state index in [1.165, 1.54) is 13.3 Å². The third kappa shape index (κ3) is 4.09. The highest BCUT2D eigenvalue weighted by Crippen LogP contribution is 2.27. The van der Waals surface area contributed by atoms with Crippen LogP contribution in [0, 0.1) is 11.3 Å². The highest BCUT2D eigenvalue weighted by molar-refractivity contribution is 5.98. The maximum absolute atomic E-state index is 12.5. The Morgan fingerprint density at radius 1 is 1.32 bits per heavy atom. The highest BCUT2D eigenvalue weighted by atomic mass is 16.5. The van der Waals surface area contributed by atoms with Crippen molar-refractivity contribution in [1.29, 1.82) is 5.26 Å². The molecule has 1 N–H and O–H groups in total. The van der Waals surface area contributed by atoms with Crippen LogP contribution >= 0.6 is 0 Å². The molecule has 9 heteroatoms. The molecule has 1 amide bonds. The second-order valence-electron chi connectivity index (χ2n) is 6.88. The van der Waals surface area contributed by atoms with Gasteiger partial charge in [-0.1, -0.05) is 0 Å². The van der Waals surface area contributed by atoms with Crippen LogP contribution in [0.15, 0.2) is 46.3 Å². The third-order valence-corrected chi connectivity index (χ3v) is 4.94. The first-order chi connectivity index (χ1) is 15.1. The summed E-state index contributed by atoms with van der Waals surface area (Å²) in [6.07, 6.45) is 3.12. The van der Waals surface area contributed by atoms with Gasteiger partial charge < -0.3 is 9.47 Å². The molecule has 1 aliphatic rings. The van der Waals surface area contributed by atoms with Crippen molar-refractivity contribution in [2.75, 3.05) is 13.7 Å². The van der Waals surface area contributed by atoms with Crippen molar-refractivity contribution in [3.8, 4) is 17.6 Å². The molecule has 31 heavy (non-hydrogen) atoms. The summed E-state index contributed by atoms with van der Waals surface area (Å²) >= 11 is 0. The van der Waals surface area contributed by atoms with Gasteiger partial charge in [0.15, 0.2) is 18.1 Å². The molecular formula is C22H19N5O4. The van der Waals surface area contributed by atoms with E-state index in [1.54, 1.807) is 41.0 Å². The number of aryl methyl sites for hydroxylation is 1. The van der Waals surface area contributed by atoms with Crippen molar-refractivity contribution < 1.29 is 14.3 Å². The number of nitrogens with one attached hydrogen (secondary N) is 1. The average Bonchev–Trinajstić information content (AvgIpc) is 3.26. The first-order valence-electron chi connectivity index (χ1n) is 9.65. The lowest BCUT2D eigenvalue weighted by molar-refractivity contribution is 0.0955. The molecular weight excluding hydrogens is 398 g/mol. The zero-order chi connectivity index (χ0) is 21.8. The Balaban J connectivity index is 1.49. The van der Waals surface area contributed by atoms with Crippen LogP contribution in [0.4, 0.5) is 0 Å². The first-order valence-corrected chi connectivity index (χ1v) is 9.65. The van der Waals surface area contributed by atoms with Crippen LogP contribution in [-0.2, 0) is 13.0 Å². The van der Waals surface area contributed by atoms with Gasteiger partial charge in [0, 0.05) is 18.5 Å². The number of hydrazone groups is 1. The van der Waals surface area contributed by atoms with Crippen LogP contribution in [0.5, 0.6) is 11.5 Å². The van der Waals surface area contributed by atoms with Crippen LogP contribution in [-0.4, -0.2) is 35.4 Å². The van der Waals surface area contributed by atoms with E-state index < -0.39 is 5.91 Å². The Morgan fingerprint density at radius 3 is 3.00 bits per heavy atom. The number of carbonyl (C=O) groups excluding carboxylic acids is 1. The number of amides is 1. The number of rotatable bonds is 6. The van der Waals surface area contributed by atoms with Gasteiger partial charge in [0.05, 0.1) is 24.2 Å². The normalized spacial score (nSPS) is 12.5. The molecule has 1 aromatic heterocycles. The van der Waals surface area contributed by atoms with Gasteiger partial charge in [-0.25, -0.2) is 10.4 Å². The fourth-order valence-corrected chi connectivity index (χ4v) is 3.45. The molecule has 4 rings (SSSR count). The van der Waals surface area contributed by atoms with Crippen LogP contribution in [0.3, 0.4) is 0 Å². The fourth-order valence-electron chi connectivity index (χ4n) is 3.45. The smallest absolute Gasteiger partial charge is 0.271 e. The number of hydrogen-bond donors (Lipinski definition) is 1. The van der Waals surface area contributed by atoms with E-state index >= 15 is 0 Å². The largest absolute Gasteiger partial charge is 0.493 e. The average molecular weight is 417 g/mol. The van der Waals surface area contributed by atoms with Gasteiger partial charge in [-0.2, -0.15) is 10.4 Å². The summed E-state index contributed by atoms with van der Waals surface area (Å²) in [6.45, 7) is 0.597. The molecule has 0 spiro atoms. The van der Waals surface area contributed by atoms with Gasteiger partial charge in [-0.05, 0) is 48.4 Å². The van der Waals surface area contributed by atoms with Gasteiger partial charge in [0.25, 0.3) is 11.5 Å². The van der Waals surface area contributed by atoms with E-state index in [-0.39, 0.29) is 12.2 Å². The number of methoxy groups -OCH3 is 1. The number of aromatic nitrogens is 2. The Bertz CT molecular complexity index is 1290. The lowest BCUT2D eigenvalue weighted by atomic mass is 10.1. The minimum Gasteiger partial charge on any atom is -0.493 e. The fraction of sp³-hybridized carbons (Fsp3) is 0.227. The van der Waals surface area contributed by atoms with E-state index in [4.69, 9.17) is 14.7 Å². The molecule has 156 valence electrons.